The van der Waals surface area contributed by atoms with Gasteiger partial charge in [-0.25, -0.2) is 4.98 Å². The first-order valence-electron chi connectivity index (χ1n) is 8.68. The highest BCUT2D eigenvalue weighted by Gasteiger charge is 2.27. The molecule has 0 amide bonds. The molecule has 2 N–H and O–H groups in total. The lowest BCUT2D eigenvalue weighted by atomic mass is 9.75. The summed E-state index contributed by atoms with van der Waals surface area (Å²) < 4.78 is 0. The summed E-state index contributed by atoms with van der Waals surface area (Å²) >= 11 is 0. The van der Waals surface area contributed by atoms with Crippen molar-refractivity contribution in [2.45, 2.75) is 64.5 Å². The molecule has 0 spiro atoms. The van der Waals surface area contributed by atoms with E-state index in [1.165, 1.54) is 25.7 Å². The van der Waals surface area contributed by atoms with Crippen molar-refractivity contribution < 1.29 is 5.11 Å². The van der Waals surface area contributed by atoms with Gasteiger partial charge in [-0.1, -0.05) is 13.8 Å². The Morgan fingerprint density at radius 2 is 1.86 bits per heavy atom. The van der Waals surface area contributed by atoms with Crippen LogP contribution in [-0.4, -0.2) is 35.3 Å². The van der Waals surface area contributed by atoms with Crippen LogP contribution in [0.1, 0.15) is 52.4 Å². The quantitative estimate of drug-likeness (QED) is 0.898. The number of hydrogen-bond acceptors (Lipinski definition) is 4. The number of aliphatic hydroxyl groups is 1. The molecule has 0 aromatic carbocycles. The normalized spacial score (nSPS) is 23.5. The maximum Gasteiger partial charge on any atom is 0.151 e. The summed E-state index contributed by atoms with van der Waals surface area (Å²) in [5.74, 6) is 1.05. The smallest absolute Gasteiger partial charge is 0.151 e. The van der Waals surface area contributed by atoms with E-state index in [2.05, 4.69) is 35.1 Å². The van der Waals surface area contributed by atoms with Gasteiger partial charge in [-0.2, -0.15) is 0 Å². The molecule has 1 aliphatic carbocycles. The van der Waals surface area contributed by atoms with Gasteiger partial charge in [-0.05, 0) is 56.1 Å². The highest BCUT2D eigenvalue weighted by molar-refractivity contribution is 5.66. The number of pyridine rings is 1. The van der Waals surface area contributed by atoms with Crippen LogP contribution in [0.15, 0.2) is 18.3 Å². The predicted molar refractivity (Wildman–Crippen MR) is 91.4 cm³/mol. The summed E-state index contributed by atoms with van der Waals surface area (Å²) in [7, 11) is 0. The van der Waals surface area contributed by atoms with Crippen molar-refractivity contribution in [1.29, 1.82) is 0 Å². The summed E-state index contributed by atoms with van der Waals surface area (Å²) in [4.78, 5) is 6.91. The van der Waals surface area contributed by atoms with Crippen LogP contribution in [0.3, 0.4) is 0 Å². The molecule has 2 fully saturated rings. The van der Waals surface area contributed by atoms with Crippen molar-refractivity contribution in [3.8, 4) is 0 Å². The first kappa shape index (κ1) is 15.6. The molecule has 1 aliphatic heterocycles. The minimum Gasteiger partial charge on any atom is -0.393 e. The van der Waals surface area contributed by atoms with Crippen LogP contribution < -0.4 is 10.2 Å². The van der Waals surface area contributed by atoms with Gasteiger partial charge < -0.3 is 15.3 Å². The molecule has 0 unspecified atom stereocenters. The molecule has 22 heavy (non-hydrogen) atoms. The number of nitrogens with one attached hydrogen (secondary N) is 1. The van der Waals surface area contributed by atoms with E-state index in [1.54, 1.807) is 0 Å². The predicted octanol–water partition coefficient (Wildman–Crippen LogP) is 3.42. The molecule has 3 rings (SSSR count). The van der Waals surface area contributed by atoms with Crippen LogP contribution in [0.25, 0.3) is 0 Å². The monoisotopic (exact) mass is 303 g/mol. The molecule has 4 nitrogen and oxygen atoms in total. The number of aromatic nitrogens is 1. The lowest BCUT2D eigenvalue weighted by molar-refractivity contribution is 0.145. The van der Waals surface area contributed by atoms with Crippen molar-refractivity contribution in [3.63, 3.8) is 0 Å². The van der Waals surface area contributed by atoms with Crippen LogP contribution in [0.5, 0.6) is 0 Å². The molecule has 2 aliphatic rings. The maximum absolute atomic E-state index is 9.69. The highest BCUT2D eigenvalue weighted by Crippen LogP contribution is 2.37. The van der Waals surface area contributed by atoms with E-state index in [9.17, 15) is 5.11 Å². The standard InChI is InChI=1S/C18H29N3O/c1-18(2)9-5-14(6-10-18)20-16-4-3-11-19-17(16)21-12-7-15(22)8-13-21/h3-4,11,14-15,20,22H,5-10,12-13H2,1-2H3. The summed E-state index contributed by atoms with van der Waals surface area (Å²) in [5, 5.41) is 13.4. The average Bonchev–Trinajstić information content (AvgIpc) is 2.51. The van der Waals surface area contributed by atoms with E-state index in [1.807, 2.05) is 12.3 Å². The first-order valence-corrected chi connectivity index (χ1v) is 8.68. The molecule has 4 heteroatoms. The Morgan fingerprint density at radius 3 is 2.55 bits per heavy atom. The van der Waals surface area contributed by atoms with Crippen LogP contribution in [0, 0.1) is 5.41 Å². The minimum atomic E-state index is -0.142. The van der Waals surface area contributed by atoms with Gasteiger partial charge in [0.05, 0.1) is 11.8 Å². The number of piperidine rings is 1. The third-order valence-corrected chi connectivity index (χ3v) is 5.25. The van der Waals surface area contributed by atoms with E-state index in [0.29, 0.717) is 11.5 Å². The molecule has 0 atom stereocenters. The molecule has 1 saturated carbocycles. The van der Waals surface area contributed by atoms with Crippen LogP contribution in [0.4, 0.5) is 11.5 Å². The van der Waals surface area contributed by atoms with E-state index >= 15 is 0 Å². The Hall–Kier alpha value is -1.29. The van der Waals surface area contributed by atoms with Crippen LogP contribution in [0.2, 0.25) is 0 Å². The van der Waals surface area contributed by atoms with Crippen molar-refractivity contribution >= 4 is 11.5 Å². The zero-order valence-corrected chi connectivity index (χ0v) is 13.9. The number of anilines is 2. The fourth-order valence-corrected chi connectivity index (χ4v) is 3.60. The minimum absolute atomic E-state index is 0.142. The molecule has 122 valence electrons. The van der Waals surface area contributed by atoms with Crippen molar-refractivity contribution in [2.24, 2.45) is 5.41 Å². The second-order valence-electron chi connectivity index (χ2n) is 7.68. The maximum atomic E-state index is 9.69. The third kappa shape index (κ3) is 3.72. The molecule has 2 heterocycles. The lowest BCUT2D eigenvalue weighted by Crippen LogP contribution is -2.37. The molecule has 0 bridgehead atoms. The van der Waals surface area contributed by atoms with Gasteiger partial charge in [-0.15, -0.1) is 0 Å². The van der Waals surface area contributed by atoms with Crippen molar-refractivity contribution in [1.82, 2.24) is 4.98 Å². The second kappa shape index (κ2) is 6.45. The molecule has 1 saturated heterocycles. The Balaban J connectivity index is 1.67. The van der Waals surface area contributed by atoms with Gasteiger partial charge in [0.15, 0.2) is 5.82 Å². The molecular weight excluding hydrogens is 274 g/mol. The first-order chi connectivity index (χ1) is 10.5. The Kier molecular flexibility index (Phi) is 4.57. The van der Waals surface area contributed by atoms with E-state index in [0.717, 1.165) is 37.4 Å². The Bertz CT molecular complexity index is 485. The van der Waals surface area contributed by atoms with Gasteiger partial charge in [0, 0.05) is 25.3 Å². The highest BCUT2D eigenvalue weighted by atomic mass is 16.3. The fourth-order valence-electron chi connectivity index (χ4n) is 3.60. The summed E-state index contributed by atoms with van der Waals surface area (Å²) in [6.07, 6.45) is 8.46. The molecule has 1 aromatic heterocycles. The zero-order valence-electron chi connectivity index (χ0n) is 13.9. The Labute approximate surface area is 133 Å². The average molecular weight is 303 g/mol. The zero-order chi connectivity index (χ0) is 15.6. The largest absolute Gasteiger partial charge is 0.393 e. The summed E-state index contributed by atoms with van der Waals surface area (Å²) in [5.41, 5.74) is 1.66. The second-order valence-corrected chi connectivity index (χ2v) is 7.68. The van der Waals surface area contributed by atoms with Crippen molar-refractivity contribution in [2.75, 3.05) is 23.3 Å². The topological polar surface area (TPSA) is 48.4 Å². The van der Waals surface area contributed by atoms with Gasteiger partial charge in [0.25, 0.3) is 0 Å². The molecular formula is C18H29N3O. The van der Waals surface area contributed by atoms with E-state index in [-0.39, 0.29) is 6.10 Å². The summed E-state index contributed by atoms with van der Waals surface area (Å²) in [6.45, 7) is 6.53. The third-order valence-electron chi connectivity index (χ3n) is 5.25. The van der Waals surface area contributed by atoms with Gasteiger partial charge >= 0.3 is 0 Å². The Morgan fingerprint density at radius 1 is 1.18 bits per heavy atom. The van der Waals surface area contributed by atoms with Crippen LogP contribution >= 0.6 is 0 Å². The number of nitrogens with zero attached hydrogens (tertiary/aromatic N) is 2. The molecule has 1 aromatic rings. The lowest BCUT2D eigenvalue weighted by Gasteiger charge is -2.36. The van der Waals surface area contributed by atoms with Crippen molar-refractivity contribution in [3.05, 3.63) is 18.3 Å². The van der Waals surface area contributed by atoms with Gasteiger partial charge in [-0.3, -0.25) is 0 Å². The summed E-state index contributed by atoms with van der Waals surface area (Å²) in [6, 6.07) is 4.72. The molecule has 0 radical (unpaired) electrons. The number of hydrogen-bond donors (Lipinski definition) is 2. The van der Waals surface area contributed by atoms with Crippen LogP contribution in [-0.2, 0) is 0 Å². The number of rotatable bonds is 3. The fraction of sp³-hybridized carbons (Fsp3) is 0.722. The van der Waals surface area contributed by atoms with E-state index in [4.69, 9.17) is 0 Å². The SMILES string of the molecule is CC1(C)CCC(Nc2cccnc2N2CCC(O)CC2)CC1. The number of aliphatic hydroxyl groups excluding tert-OH is 1. The van der Waals surface area contributed by atoms with Gasteiger partial charge in [0.1, 0.15) is 0 Å². The van der Waals surface area contributed by atoms with E-state index < -0.39 is 0 Å². The van der Waals surface area contributed by atoms with Gasteiger partial charge in [0.2, 0.25) is 0 Å².